The van der Waals surface area contributed by atoms with E-state index in [0.29, 0.717) is 21.4 Å². The largest absolute Gasteiger partial charge is 0.399 e. The number of nitrogens with two attached hydrogens (primary N) is 1. The van der Waals surface area contributed by atoms with Gasteiger partial charge in [0.2, 0.25) is 0 Å². The van der Waals surface area contributed by atoms with Crippen LogP contribution in [-0.2, 0) is 0 Å². The molecule has 0 spiro atoms. The van der Waals surface area contributed by atoms with E-state index in [2.05, 4.69) is 5.10 Å². The van der Waals surface area contributed by atoms with Crippen molar-refractivity contribution in [3.63, 3.8) is 0 Å². The van der Waals surface area contributed by atoms with Gasteiger partial charge in [-0.15, -0.1) is 0 Å². The Morgan fingerprint density at radius 3 is 2.43 bits per heavy atom. The van der Waals surface area contributed by atoms with Crippen LogP contribution in [-0.4, -0.2) is 14.3 Å². The van der Waals surface area contributed by atoms with E-state index in [0.717, 1.165) is 30.3 Å². The molecule has 0 atom stereocenters. The summed E-state index contributed by atoms with van der Waals surface area (Å²) in [6, 6.07) is 6.85. The molecule has 2 N–H and O–H groups in total. The van der Waals surface area contributed by atoms with Gasteiger partial charge in [-0.05, 0) is 37.5 Å². The van der Waals surface area contributed by atoms with Crippen LogP contribution in [0.2, 0.25) is 10.0 Å². The average Bonchev–Trinajstić information content (AvgIpc) is 2.83. The van der Waals surface area contributed by atoms with Gasteiger partial charge in [0.15, 0.2) is 0 Å². The highest BCUT2D eigenvalue weighted by molar-refractivity contribution is 6.38. The molecule has 1 aliphatic carbocycles. The molecule has 3 aromatic rings. The molecule has 1 saturated carbocycles. The number of aromatic nitrogens is 3. The molecule has 4 rings (SSSR count). The lowest BCUT2D eigenvalue weighted by molar-refractivity contribution is 0.314. The zero-order valence-corrected chi connectivity index (χ0v) is 13.7. The summed E-state index contributed by atoms with van der Waals surface area (Å²) in [5.74, 6) is 0. The molecule has 1 fully saturated rings. The minimum Gasteiger partial charge on any atom is -0.399 e. The number of hydrogen-bond acceptors (Lipinski definition) is 3. The highest BCUT2D eigenvalue weighted by Gasteiger charge is 2.24. The van der Waals surface area contributed by atoms with Crippen molar-refractivity contribution in [2.75, 3.05) is 5.73 Å². The van der Waals surface area contributed by atoms with Crippen LogP contribution in [0.15, 0.2) is 35.3 Å². The molecule has 5 nitrogen and oxygen atoms in total. The van der Waals surface area contributed by atoms with Crippen LogP contribution >= 0.6 is 23.2 Å². The van der Waals surface area contributed by atoms with Crippen molar-refractivity contribution in [2.45, 2.75) is 25.3 Å². The number of rotatable bonds is 2. The Labute approximate surface area is 142 Å². The van der Waals surface area contributed by atoms with Crippen molar-refractivity contribution in [1.82, 2.24) is 14.3 Å². The molecule has 1 aromatic carbocycles. The van der Waals surface area contributed by atoms with Gasteiger partial charge in [-0.25, -0.2) is 4.68 Å². The zero-order valence-electron chi connectivity index (χ0n) is 12.2. The number of hydrogen-bond donors (Lipinski definition) is 1. The Bertz CT molecular complexity index is 949. The molecule has 0 unspecified atom stereocenters. The summed E-state index contributed by atoms with van der Waals surface area (Å²) in [4.78, 5) is 12.2. The summed E-state index contributed by atoms with van der Waals surface area (Å²) in [6.45, 7) is 0. The molecular formula is C16H14Cl2N4O. The van der Waals surface area contributed by atoms with E-state index >= 15 is 0 Å². The molecule has 0 saturated heterocycles. The van der Waals surface area contributed by atoms with Gasteiger partial charge in [0.1, 0.15) is 5.69 Å². The van der Waals surface area contributed by atoms with Crippen LogP contribution in [0.4, 0.5) is 5.69 Å². The third kappa shape index (κ3) is 2.23. The van der Waals surface area contributed by atoms with Gasteiger partial charge in [-0.1, -0.05) is 23.2 Å². The molecule has 0 amide bonds. The lowest BCUT2D eigenvalue weighted by atomic mass is 9.92. The van der Waals surface area contributed by atoms with Gasteiger partial charge in [0.05, 0.1) is 27.3 Å². The van der Waals surface area contributed by atoms with Crippen molar-refractivity contribution in [2.24, 2.45) is 0 Å². The van der Waals surface area contributed by atoms with Crippen LogP contribution in [0.25, 0.3) is 16.7 Å². The Hall–Kier alpha value is -1.98. The highest BCUT2D eigenvalue weighted by atomic mass is 35.5. The van der Waals surface area contributed by atoms with E-state index in [4.69, 9.17) is 28.9 Å². The van der Waals surface area contributed by atoms with E-state index in [1.165, 1.54) is 0 Å². The Kier molecular flexibility index (Phi) is 3.36. The fraction of sp³-hybridized carbons (Fsp3) is 0.250. The van der Waals surface area contributed by atoms with Gasteiger partial charge in [0, 0.05) is 17.8 Å². The fourth-order valence-corrected chi connectivity index (χ4v) is 3.69. The number of pyridine rings is 1. The van der Waals surface area contributed by atoms with Crippen molar-refractivity contribution in [3.05, 3.63) is 50.9 Å². The maximum absolute atomic E-state index is 12.2. The van der Waals surface area contributed by atoms with Crippen molar-refractivity contribution in [1.29, 1.82) is 0 Å². The number of fused-ring (bicyclic) bond motifs is 1. The number of anilines is 1. The lowest BCUT2D eigenvalue weighted by Crippen LogP contribution is -2.28. The minimum atomic E-state index is -0.00347. The first-order valence-electron chi connectivity index (χ1n) is 7.40. The maximum atomic E-state index is 12.2. The smallest absolute Gasteiger partial charge is 0.251 e. The summed E-state index contributed by atoms with van der Waals surface area (Å²) >= 11 is 12.6. The molecule has 7 heteroatoms. The first kappa shape index (κ1) is 14.6. The number of nitrogen functional groups attached to an aromatic ring is 1. The predicted octanol–water partition coefficient (Wildman–Crippen LogP) is 3.80. The van der Waals surface area contributed by atoms with Gasteiger partial charge >= 0.3 is 0 Å². The molecule has 2 aromatic heterocycles. The van der Waals surface area contributed by atoms with E-state index in [1.807, 2.05) is 4.57 Å². The minimum absolute atomic E-state index is 0.00347. The molecule has 118 valence electrons. The second-order valence-corrected chi connectivity index (χ2v) is 6.60. The van der Waals surface area contributed by atoms with Crippen LogP contribution in [0.5, 0.6) is 0 Å². The summed E-state index contributed by atoms with van der Waals surface area (Å²) in [7, 11) is 0. The number of halogens is 2. The van der Waals surface area contributed by atoms with Crippen molar-refractivity contribution >= 4 is 39.9 Å². The summed E-state index contributed by atoms with van der Waals surface area (Å²) < 4.78 is 3.48. The molecule has 1 aliphatic rings. The highest BCUT2D eigenvalue weighted by Crippen LogP contribution is 2.35. The quantitative estimate of drug-likeness (QED) is 0.716. The molecule has 2 heterocycles. The fourth-order valence-electron chi connectivity index (χ4n) is 3.03. The van der Waals surface area contributed by atoms with Gasteiger partial charge in [-0.2, -0.15) is 5.10 Å². The van der Waals surface area contributed by atoms with Gasteiger partial charge < -0.3 is 10.3 Å². The molecule has 23 heavy (non-hydrogen) atoms. The third-order valence-electron chi connectivity index (χ3n) is 4.36. The lowest BCUT2D eigenvalue weighted by Gasteiger charge is -2.28. The standard InChI is InChI=1S/C16H14Cl2N4O/c17-11-6-9(19)7-12(18)16(11)22-13-4-5-15(23)21(10-2-1-3-10)14(13)8-20-22/h4-8,10H,1-3,19H2. The van der Waals surface area contributed by atoms with Crippen molar-refractivity contribution in [3.8, 4) is 5.69 Å². The third-order valence-corrected chi connectivity index (χ3v) is 4.93. The maximum Gasteiger partial charge on any atom is 0.251 e. The Morgan fingerprint density at radius 2 is 1.83 bits per heavy atom. The van der Waals surface area contributed by atoms with Crippen LogP contribution in [0, 0.1) is 0 Å². The van der Waals surface area contributed by atoms with E-state index in [9.17, 15) is 4.79 Å². The normalized spacial score (nSPS) is 15.0. The topological polar surface area (TPSA) is 65.8 Å². The second-order valence-electron chi connectivity index (χ2n) is 5.79. The summed E-state index contributed by atoms with van der Waals surface area (Å²) in [5.41, 5.74) is 8.41. The zero-order chi connectivity index (χ0) is 16.1. The Balaban J connectivity index is 1.99. The summed E-state index contributed by atoms with van der Waals surface area (Å²) in [6.07, 6.45) is 4.89. The average molecular weight is 349 g/mol. The van der Waals surface area contributed by atoms with Crippen molar-refractivity contribution < 1.29 is 0 Å². The number of benzene rings is 1. The molecular weight excluding hydrogens is 335 g/mol. The number of nitrogens with zero attached hydrogens (tertiary/aromatic N) is 3. The van der Waals surface area contributed by atoms with Gasteiger partial charge in [0.25, 0.3) is 5.56 Å². The Morgan fingerprint density at radius 1 is 1.13 bits per heavy atom. The van der Waals surface area contributed by atoms with Crippen LogP contribution in [0.3, 0.4) is 0 Å². The second kappa shape index (κ2) is 5.28. The molecule has 0 bridgehead atoms. The summed E-state index contributed by atoms with van der Waals surface area (Å²) in [5, 5.41) is 5.24. The first-order chi connectivity index (χ1) is 11.1. The molecule has 0 aliphatic heterocycles. The monoisotopic (exact) mass is 348 g/mol. The molecule has 0 radical (unpaired) electrons. The van der Waals surface area contributed by atoms with E-state index < -0.39 is 0 Å². The van der Waals surface area contributed by atoms with Crippen LogP contribution in [0.1, 0.15) is 25.3 Å². The SMILES string of the molecule is Nc1cc(Cl)c(-n2ncc3c2ccc(=O)n3C2CCC2)c(Cl)c1. The first-order valence-corrected chi connectivity index (χ1v) is 8.16. The van der Waals surface area contributed by atoms with Gasteiger partial charge in [-0.3, -0.25) is 4.79 Å². The van der Waals surface area contributed by atoms with E-state index in [-0.39, 0.29) is 11.6 Å². The predicted molar refractivity (Wildman–Crippen MR) is 92.7 cm³/mol. The van der Waals surface area contributed by atoms with E-state index in [1.54, 1.807) is 35.1 Å². The van der Waals surface area contributed by atoms with Crippen LogP contribution < -0.4 is 11.3 Å².